The summed E-state index contributed by atoms with van der Waals surface area (Å²) >= 11 is 5.92. The first kappa shape index (κ1) is 15.8. The van der Waals surface area contributed by atoms with Crippen molar-refractivity contribution in [1.82, 2.24) is 9.55 Å². The van der Waals surface area contributed by atoms with Crippen molar-refractivity contribution in [3.8, 4) is 5.75 Å². The zero-order valence-electron chi connectivity index (χ0n) is 12.6. The Morgan fingerprint density at radius 3 is 2.79 bits per heavy atom. The first-order chi connectivity index (χ1) is 11.6. The van der Waals surface area contributed by atoms with Crippen LogP contribution in [-0.4, -0.2) is 28.8 Å². The summed E-state index contributed by atoms with van der Waals surface area (Å²) in [4.78, 5) is 15.8. The molecule has 0 aliphatic heterocycles. The van der Waals surface area contributed by atoms with E-state index in [0.717, 1.165) is 0 Å². The quantitative estimate of drug-likeness (QED) is 0.547. The van der Waals surface area contributed by atoms with Gasteiger partial charge in [-0.3, -0.25) is 10.7 Å². The summed E-state index contributed by atoms with van der Waals surface area (Å²) in [5, 5.41) is 11.2. The highest BCUT2D eigenvalue weighted by atomic mass is 35.5. The summed E-state index contributed by atoms with van der Waals surface area (Å²) in [7, 11) is 1.25. The van der Waals surface area contributed by atoms with Crippen LogP contribution in [0.2, 0.25) is 5.02 Å². The number of rotatable bonds is 2. The van der Waals surface area contributed by atoms with Gasteiger partial charge in [-0.1, -0.05) is 29.8 Å². The van der Waals surface area contributed by atoms with Crippen LogP contribution in [0.1, 0.15) is 0 Å². The molecule has 0 aliphatic carbocycles. The van der Waals surface area contributed by atoms with Gasteiger partial charge in [0.1, 0.15) is 5.75 Å². The molecule has 0 unspecified atom stereocenters. The van der Waals surface area contributed by atoms with Crippen molar-refractivity contribution in [2.24, 2.45) is 0 Å². The van der Waals surface area contributed by atoms with Crippen molar-refractivity contribution < 1.29 is 14.3 Å². The molecular formula is C16H13ClN4O3. The number of benzene rings is 2. The minimum absolute atomic E-state index is 0.120. The van der Waals surface area contributed by atoms with Crippen molar-refractivity contribution >= 4 is 40.7 Å². The average Bonchev–Trinajstić information content (AvgIpc) is 2.92. The first-order valence-corrected chi connectivity index (χ1v) is 7.31. The molecule has 0 bridgehead atoms. The maximum absolute atomic E-state index is 11.5. The predicted molar refractivity (Wildman–Crippen MR) is 91.0 cm³/mol. The second-order valence-electron chi connectivity index (χ2n) is 4.74. The second-order valence-corrected chi connectivity index (χ2v) is 5.18. The van der Waals surface area contributed by atoms with Crippen molar-refractivity contribution in [2.75, 3.05) is 12.4 Å². The number of carbonyl (C=O) groups excluding carboxylic acids is 1. The zero-order chi connectivity index (χ0) is 17.1. The summed E-state index contributed by atoms with van der Waals surface area (Å²) in [5.74, 6) is 0.518. The fraction of sp³-hybridized carbons (Fsp3) is 0.0625. The van der Waals surface area contributed by atoms with E-state index >= 15 is 0 Å². The summed E-state index contributed by atoms with van der Waals surface area (Å²) in [6.07, 6.45) is -0.692. The average molecular weight is 345 g/mol. The van der Waals surface area contributed by atoms with Gasteiger partial charge >= 0.3 is 12.1 Å². The number of carbonyl (C=O) groups is 1. The van der Waals surface area contributed by atoms with E-state index in [4.69, 9.17) is 21.7 Å². The monoisotopic (exact) mass is 344 g/mol. The fourth-order valence-electron chi connectivity index (χ4n) is 2.15. The van der Waals surface area contributed by atoms with Crippen molar-refractivity contribution in [3.63, 3.8) is 0 Å². The molecule has 2 aromatic carbocycles. The molecule has 0 fully saturated rings. The van der Waals surface area contributed by atoms with E-state index in [1.54, 1.807) is 42.5 Å². The minimum atomic E-state index is -0.692. The van der Waals surface area contributed by atoms with E-state index in [9.17, 15) is 4.79 Å². The van der Waals surface area contributed by atoms with Crippen LogP contribution in [0.15, 0.2) is 48.5 Å². The Balaban J connectivity index is 2.01. The molecule has 3 rings (SSSR count). The summed E-state index contributed by atoms with van der Waals surface area (Å²) < 4.78 is 11.5. The van der Waals surface area contributed by atoms with Crippen LogP contribution in [0.25, 0.3) is 11.0 Å². The Bertz CT molecular complexity index is 923. The number of hydrogen-bond donors (Lipinski definition) is 2. The van der Waals surface area contributed by atoms with Crippen LogP contribution < -0.4 is 10.1 Å². The summed E-state index contributed by atoms with van der Waals surface area (Å²) in [6.45, 7) is 0. The number of imidazole rings is 1. The lowest BCUT2D eigenvalue weighted by Gasteiger charge is -2.11. The van der Waals surface area contributed by atoms with E-state index in [-0.39, 0.29) is 12.0 Å². The number of para-hydroxylation sites is 2. The van der Waals surface area contributed by atoms with Gasteiger partial charge in [0.15, 0.2) is 0 Å². The van der Waals surface area contributed by atoms with Crippen LogP contribution in [0.4, 0.5) is 10.7 Å². The lowest BCUT2D eigenvalue weighted by atomic mass is 10.3. The summed E-state index contributed by atoms with van der Waals surface area (Å²) in [5.41, 5.74) is 1.21. The number of amides is 1. The van der Waals surface area contributed by atoms with E-state index in [2.05, 4.69) is 15.0 Å². The standard InChI is InChI=1S/C16H13ClN4O3/c1-23-16(22)20-15-19-12-7-2-3-8-13(12)21(15)14(18)24-11-6-4-5-10(17)9-11/h2-9,18H,1H3,(H,19,20,22). The number of nitrogens with one attached hydrogen (secondary N) is 2. The van der Waals surface area contributed by atoms with Gasteiger partial charge in [-0.25, -0.2) is 14.3 Å². The molecule has 0 aliphatic rings. The maximum Gasteiger partial charge on any atom is 0.413 e. The highest BCUT2D eigenvalue weighted by Crippen LogP contribution is 2.22. The Morgan fingerprint density at radius 1 is 1.25 bits per heavy atom. The number of nitrogens with zero attached hydrogens (tertiary/aromatic N) is 2. The van der Waals surface area contributed by atoms with E-state index < -0.39 is 6.09 Å². The molecule has 0 saturated carbocycles. The number of fused-ring (bicyclic) bond motifs is 1. The molecule has 1 aromatic heterocycles. The molecule has 2 N–H and O–H groups in total. The number of anilines is 1. The number of methoxy groups -OCH3 is 1. The number of aromatic nitrogens is 2. The largest absolute Gasteiger partial charge is 0.453 e. The molecule has 122 valence electrons. The molecule has 1 amide bonds. The zero-order valence-corrected chi connectivity index (χ0v) is 13.4. The molecule has 8 heteroatoms. The van der Waals surface area contributed by atoms with Gasteiger partial charge in [-0.15, -0.1) is 0 Å². The second kappa shape index (κ2) is 6.59. The Labute approximate surface area is 142 Å². The van der Waals surface area contributed by atoms with Gasteiger partial charge < -0.3 is 9.47 Å². The smallest absolute Gasteiger partial charge is 0.413 e. The van der Waals surface area contributed by atoms with Crippen LogP contribution in [0.5, 0.6) is 5.75 Å². The molecule has 7 nitrogen and oxygen atoms in total. The number of ether oxygens (including phenoxy) is 2. The van der Waals surface area contributed by atoms with Gasteiger partial charge in [0.25, 0.3) is 0 Å². The molecule has 0 spiro atoms. The Hall–Kier alpha value is -3.06. The van der Waals surface area contributed by atoms with Gasteiger partial charge in [0, 0.05) is 5.02 Å². The molecule has 1 heterocycles. The van der Waals surface area contributed by atoms with Gasteiger partial charge in [0.2, 0.25) is 5.95 Å². The minimum Gasteiger partial charge on any atom is -0.453 e. The van der Waals surface area contributed by atoms with E-state index in [1.165, 1.54) is 11.7 Å². The summed E-state index contributed by atoms with van der Waals surface area (Å²) in [6, 6.07) is 13.6. The van der Waals surface area contributed by atoms with E-state index in [1.807, 2.05) is 6.07 Å². The molecule has 3 aromatic rings. The van der Waals surface area contributed by atoms with Crippen molar-refractivity contribution in [3.05, 3.63) is 53.6 Å². The lowest BCUT2D eigenvalue weighted by molar-refractivity contribution is 0.186. The third kappa shape index (κ3) is 3.16. The maximum atomic E-state index is 11.5. The third-order valence-electron chi connectivity index (χ3n) is 3.17. The van der Waals surface area contributed by atoms with Crippen molar-refractivity contribution in [1.29, 1.82) is 5.41 Å². The third-order valence-corrected chi connectivity index (χ3v) is 3.41. The van der Waals surface area contributed by atoms with Crippen LogP contribution in [-0.2, 0) is 4.74 Å². The highest BCUT2D eigenvalue weighted by Gasteiger charge is 2.18. The SMILES string of the molecule is COC(=O)Nc1nc2ccccc2n1C(=N)Oc1cccc(Cl)c1. The van der Waals surface area contributed by atoms with Gasteiger partial charge in [0.05, 0.1) is 18.1 Å². The van der Waals surface area contributed by atoms with Gasteiger partial charge in [-0.2, -0.15) is 0 Å². The van der Waals surface area contributed by atoms with Crippen molar-refractivity contribution in [2.45, 2.75) is 0 Å². The Kier molecular flexibility index (Phi) is 4.35. The molecule has 24 heavy (non-hydrogen) atoms. The topological polar surface area (TPSA) is 89.2 Å². The highest BCUT2D eigenvalue weighted by molar-refractivity contribution is 6.30. The lowest BCUT2D eigenvalue weighted by Crippen LogP contribution is -2.22. The number of halogens is 1. The molecule has 0 atom stereocenters. The fourth-order valence-corrected chi connectivity index (χ4v) is 2.33. The Morgan fingerprint density at radius 2 is 2.04 bits per heavy atom. The van der Waals surface area contributed by atoms with E-state index in [0.29, 0.717) is 21.8 Å². The molecule has 0 saturated heterocycles. The number of hydrogen-bond acceptors (Lipinski definition) is 5. The van der Waals surface area contributed by atoms with Crippen LogP contribution >= 0.6 is 11.6 Å². The van der Waals surface area contributed by atoms with Crippen LogP contribution in [0.3, 0.4) is 0 Å². The molecular weight excluding hydrogens is 332 g/mol. The predicted octanol–water partition coefficient (Wildman–Crippen LogP) is 3.73. The van der Waals surface area contributed by atoms with Gasteiger partial charge in [-0.05, 0) is 30.3 Å². The first-order valence-electron chi connectivity index (χ1n) is 6.93. The van der Waals surface area contributed by atoms with Crippen LogP contribution in [0, 0.1) is 5.41 Å². The molecule has 0 radical (unpaired) electrons. The normalized spacial score (nSPS) is 10.4.